The number of oxime groups is 1. The van der Waals surface area contributed by atoms with Gasteiger partial charge in [-0.05, 0) is 26.8 Å². The largest absolute Gasteiger partial charge is 0.409 e. The Labute approximate surface area is 72.3 Å². The van der Waals surface area contributed by atoms with E-state index in [9.17, 15) is 0 Å². The van der Waals surface area contributed by atoms with Crippen molar-refractivity contribution < 1.29 is 10.3 Å². The first-order valence-electron chi connectivity index (χ1n) is 3.96. The summed E-state index contributed by atoms with van der Waals surface area (Å²) in [6, 6.07) is -0.159. The zero-order valence-corrected chi connectivity index (χ0v) is 7.49. The van der Waals surface area contributed by atoms with Crippen molar-refractivity contribution in [1.29, 1.82) is 0 Å². The highest BCUT2D eigenvalue weighted by molar-refractivity contribution is 5.84. The molecule has 0 aromatic rings. The van der Waals surface area contributed by atoms with Gasteiger partial charge < -0.3 is 21.4 Å². The van der Waals surface area contributed by atoms with Gasteiger partial charge in [-0.1, -0.05) is 5.16 Å². The molecule has 12 heavy (non-hydrogen) atoms. The third-order valence-electron chi connectivity index (χ3n) is 1.57. The Hall–Kier alpha value is -0.810. The SMILES string of the molecule is CC(O)CCNC(C)C(N)=NO. The monoisotopic (exact) mass is 175 g/mol. The molecule has 5 heteroatoms. The molecule has 0 saturated heterocycles. The molecule has 0 heterocycles. The Morgan fingerprint density at radius 3 is 2.58 bits per heavy atom. The highest BCUT2D eigenvalue weighted by Crippen LogP contribution is 1.88. The minimum absolute atomic E-state index is 0.153. The minimum atomic E-state index is -0.322. The first-order valence-corrected chi connectivity index (χ1v) is 3.96. The van der Waals surface area contributed by atoms with E-state index in [1.165, 1.54) is 0 Å². The minimum Gasteiger partial charge on any atom is -0.409 e. The number of amidine groups is 1. The van der Waals surface area contributed by atoms with Crippen molar-refractivity contribution in [3.63, 3.8) is 0 Å². The molecule has 2 unspecified atom stereocenters. The third-order valence-corrected chi connectivity index (χ3v) is 1.57. The summed E-state index contributed by atoms with van der Waals surface area (Å²) in [7, 11) is 0. The molecule has 0 amide bonds. The van der Waals surface area contributed by atoms with Crippen molar-refractivity contribution in [3.8, 4) is 0 Å². The molecular weight excluding hydrogens is 158 g/mol. The van der Waals surface area contributed by atoms with Crippen molar-refractivity contribution in [1.82, 2.24) is 5.32 Å². The second kappa shape index (κ2) is 5.79. The van der Waals surface area contributed by atoms with Crippen LogP contribution >= 0.6 is 0 Å². The number of nitrogens with two attached hydrogens (primary N) is 1. The van der Waals surface area contributed by atoms with E-state index in [0.29, 0.717) is 13.0 Å². The summed E-state index contributed by atoms with van der Waals surface area (Å²) in [5, 5.41) is 23.0. The van der Waals surface area contributed by atoms with Crippen molar-refractivity contribution in [2.24, 2.45) is 10.9 Å². The number of nitrogens with zero attached hydrogens (tertiary/aromatic N) is 1. The Morgan fingerprint density at radius 1 is 1.58 bits per heavy atom. The maximum absolute atomic E-state index is 8.91. The predicted molar refractivity (Wildman–Crippen MR) is 47.2 cm³/mol. The van der Waals surface area contributed by atoms with E-state index in [1.807, 2.05) is 0 Å². The summed E-state index contributed by atoms with van der Waals surface area (Å²) in [4.78, 5) is 0. The molecule has 0 fully saturated rings. The second-order valence-corrected chi connectivity index (χ2v) is 2.84. The molecular formula is C7H17N3O2. The number of hydrogen-bond acceptors (Lipinski definition) is 4. The summed E-state index contributed by atoms with van der Waals surface area (Å²) >= 11 is 0. The number of aliphatic hydroxyl groups excluding tert-OH is 1. The predicted octanol–water partition coefficient (Wildman–Crippen LogP) is -0.518. The molecule has 72 valence electrons. The van der Waals surface area contributed by atoms with Crippen molar-refractivity contribution in [2.45, 2.75) is 32.4 Å². The van der Waals surface area contributed by atoms with Crippen LogP contribution in [0.3, 0.4) is 0 Å². The average Bonchev–Trinajstić information content (AvgIpc) is 2.02. The van der Waals surface area contributed by atoms with Crippen molar-refractivity contribution >= 4 is 5.84 Å². The third kappa shape index (κ3) is 4.92. The zero-order valence-electron chi connectivity index (χ0n) is 7.49. The molecule has 0 aliphatic rings. The van der Waals surface area contributed by atoms with E-state index in [-0.39, 0.29) is 18.0 Å². The van der Waals surface area contributed by atoms with Crippen LogP contribution in [0.4, 0.5) is 0 Å². The van der Waals surface area contributed by atoms with Crippen LogP contribution in [-0.4, -0.2) is 34.8 Å². The van der Waals surface area contributed by atoms with Crippen LogP contribution < -0.4 is 11.1 Å². The molecule has 0 aromatic heterocycles. The van der Waals surface area contributed by atoms with Crippen LogP contribution in [0.1, 0.15) is 20.3 Å². The Kier molecular flexibility index (Phi) is 5.40. The fraction of sp³-hybridized carbons (Fsp3) is 0.857. The molecule has 0 saturated carbocycles. The first-order chi connectivity index (χ1) is 5.57. The molecule has 0 spiro atoms. The standard InChI is InChI=1S/C7H17N3O2/c1-5(11)3-4-9-6(2)7(8)10-12/h5-6,9,11-12H,3-4H2,1-2H3,(H2,8,10). The number of hydrogen-bond donors (Lipinski definition) is 4. The quantitative estimate of drug-likeness (QED) is 0.196. The lowest BCUT2D eigenvalue weighted by Crippen LogP contribution is -2.40. The van der Waals surface area contributed by atoms with Gasteiger partial charge in [0.15, 0.2) is 5.84 Å². The Morgan fingerprint density at radius 2 is 2.17 bits per heavy atom. The molecule has 5 N–H and O–H groups in total. The van der Waals surface area contributed by atoms with Gasteiger partial charge in [0.05, 0.1) is 12.1 Å². The number of rotatable bonds is 5. The molecule has 0 radical (unpaired) electrons. The maximum Gasteiger partial charge on any atom is 0.156 e. The molecule has 2 atom stereocenters. The topological polar surface area (TPSA) is 90.9 Å². The van der Waals surface area contributed by atoms with E-state index in [1.54, 1.807) is 13.8 Å². The Balaban J connectivity index is 3.51. The average molecular weight is 175 g/mol. The zero-order chi connectivity index (χ0) is 9.56. The van der Waals surface area contributed by atoms with Crippen molar-refractivity contribution in [3.05, 3.63) is 0 Å². The van der Waals surface area contributed by atoms with Gasteiger partial charge in [0.25, 0.3) is 0 Å². The van der Waals surface area contributed by atoms with Gasteiger partial charge in [-0.25, -0.2) is 0 Å². The van der Waals surface area contributed by atoms with Crippen LogP contribution in [0.15, 0.2) is 5.16 Å². The normalized spacial score (nSPS) is 17.4. The molecule has 0 aliphatic heterocycles. The van der Waals surface area contributed by atoms with E-state index in [0.717, 1.165) is 0 Å². The summed E-state index contributed by atoms with van der Waals surface area (Å²) in [5.74, 6) is 0.153. The fourth-order valence-electron chi connectivity index (χ4n) is 0.700. The summed E-state index contributed by atoms with van der Waals surface area (Å²) in [5.41, 5.74) is 5.31. The molecule has 5 nitrogen and oxygen atoms in total. The summed E-state index contributed by atoms with van der Waals surface area (Å²) < 4.78 is 0. The van der Waals surface area contributed by atoms with Crippen LogP contribution in [0.2, 0.25) is 0 Å². The second-order valence-electron chi connectivity index (χ2n) is 2.84. The summed E-state index contributed by atoms with van der Waals surface area (Å²) in [6.45, 7) is 4.15. The lowest BCUT2D eigenvalue weighted by molar-refractivity contribution is 0.183. The van der Waals surface area contributed by atoms with Gasteiger partial charge in [-0.3, -0.25) is 0 Å². The van der Waals surface area contributed by atoms with E-state index < -0.39 is 0 Å². The van der Waals surface area contributed by atoms with Gasteiger partial charge >= 0.3 is 0 Å². The van der Waals surface area contributed by atoms with E-state index in [4.69, 9.17) is 16.0 Å². The van der Waals surface area contributed by atoms with Crippen LogP contribution in [0.25, 0.3) is 0 Å². The van der Waals surface area contributed by atoms with Gasteiger partial charge in [-0.2, -0.15) is 0 Å². The highest BCUT2D eigenvalue weighted by atomic mass is 16.4. The smallest absolute Gasteiger partial charge is 0.156 e. The first kappa shape index (κ1) is 11.2. The molecule has 0 aromatic carbocycles. The number of nitrogens with one attached hydrogen (secondary N) is 1. The Bertz CT molecular complexity index is 148. The van der Waals surface area contributed by atoms with Gasteiger partial charge in [0, 0.05) is 0 Å². The number of aliphatic hydroxyl groups is 1. The van der Waals surface area contributed by atoms with Gasteiger partial charge in [-0.15, -0.1) is 0 Å². The van der Waals surface area contributed by atoms with Crippen LogP contribution in [0, 0.1) is 0 Å². The molecule has 0 bridgehead atoms. The van der Waals surface area contributed by atoms with Gasteiger partial charge in [0.2, 0.25) is 0 Å². The van der Waals surface area contributed by atoms with Crippen molar-refractivity contribution in [2.75, 3.05) is 6.54 Å². The van der Waals surface area contributed by atoms with Gasteiger partial charge in [0.1, 0.15) is 0 Å². The lowest BCUT2D eigenvalue weighted by atomic mass is 10.2. The molecule has 0 aliphatic carbocycles. The highest BCUT2D eigenvalue weighted by Gasteiger charge is 2.05. The van der Waals surface area contributed by atoms with E-state index >= 15 is 0 Å². The summed E-state index contributed by atoms with van der Waals surface area (Å²) in [6.07, 6.45) is 0.334. The van der Waals surface area contributed by atoms with Crippen LogP contribution in [0.5, 0.6) is 0 Å². The maximum atomic E-state index is 8.91. The fourth-order valence-corrected chi connectivity index (χ4v) is 0.700. The van der Waals surface area contributed by atoms with E-state index in [2.05, 4.69) is 10.5 Å². The lowest BCUT2D eigenvalue weighted by Gasteiger charge is -2.12. The molecule has 0 rings (SSSR count). The van der Waals surface area contributed by atoms with Crippen LogP contribution in [-0.2, 0) is 0 Å².